The van der Waals surface area contributed by atoms with Gasteiger partial charge < -0.3 is 10.2 Å². The minimum atomic E-state index is -4.45. The molecule has 1 aromatic carbocycles. The summed E-state index contributed by atoms with van der Waals surface area (Å²) in [7, 11) is 0. The molecule has 1 saturated heterocycles. The molecule has 2 rings (SSSR count). The molecule has 138 valence electrons. The standard InChI is InChI=1S/C18H23F3N2O2/c1-11(2)17(25)23-8-6-13(7-9-23)16(24)22-14-5-4-12(3)15(10-14)18(19,20)21/h4-5,10-11,13H,6-9H2,1-3H3,(H,22,24). The molecule has 0 aliphatic carbocycles. The van der Waals surface area contributed by atoms with E-state index < -0.39 is 11.7 Å². The van der Waals surface area contributed by atoms with Crippen LogP contribution in [0.1, 0.15) is 37.8 Å². The summed E-state index contributed by atoms with van der Waals surface area (Å²) in [4.78, 5) is 26.0. The number of rotatable bonds is 3. The first kappa shape index (κ1) is 19.3. The number of amides is 2. The molecule has 0 bridgehead atoms. The molecule has 2 amide bonds. The molecular weight excluding hydrogens is 333 g/mol. The summed E-state index contributed by atoms with van der Waals surface area (Å²) in [5, 5.41) is 2.58. The van der Waals surface area contributed by atoms with Crippen LogP contribution in [-0.4, -0.2) is 29.8 Å². The molecule has 1 aliphatic rings. The second-order valence-electron chi connectivity index (χ2n) is 6.77. The fraction of sp³-hybridized carbons (Fsp3) is 0.556. The topological polar surface area (TPSA) is 49.4 Å². The molecule has 1 N–H and O–H groups in total. The lowest BCUT2D eigenvalue weighted by Crippen LogP contribution is -2.43. The molecule has 0 radical (unpaired) electrons. The number of hydrogen-bond acceptors (Lipinski definition) is 2. The summed E-state index contributed by atoms with van der Waals surface area (Å²) in [6, 6.07) is 3.78. The predicted octanol–water partition coefficient (Wildman–Crippen LogP) is 3.85. The Bertz CT molecular complexity index is 648. The summed E-state index contributed by atoms with van der Waals surface area (Å²) < 4.78 is 38.9. The van der Waals surface area contributed by atoms with Crippen molar-refractivity contribution in [2.75, 3.05) is 18.4 Å². The number of nitrogens with zero attached hydrogens (tertiary/aromatic N) is 1. The molecule has 1 aliphatic heterocycles. The molecule has 0 aromatic heterocycles. The number of anilines is 1. The van der Waals surface area contributed by atoms with E-state index in [9.17, 15) is 22.8 Å². The van der Waals surface area contributed by atoms with Crippen molar-refractivity contribution in [3.05, 3.63) is 29.3 Å². The van der Waals surface area contributed by atoms with Gasteiger partial charge in [-0.1, -0.05) is 19.9 Å². The lowest BCUT2D eigenvalue weighted by atomic mass is 9.95. The highest BCUT2D eigenvalue weighted by atomic mass is 19.4. The van der Waals surface area contributed by atoms with Crippen molar-refractivity contribution in [3.63, 3.8) is 0 Å². The van der Waals surface area contributed by atoms with Crippen molar-refractivity contribution >= 4 is 17.5 Å². The molecule has 0 spiro atoms. The average Bonchev–Trinajstić information content (AvgIpc) is 2.55. The first-order chi connectivity index (χ1) is 11.6. The van der Waals surface area contributed by atoms with Crippen molar-refractivity contribution in [1.82, 2.24) is 4.90 Å². The highest BCUT2D eigenvalue weighted by Gasteiger charge is 2.33. The van der Waals surface area contributed by atoms with Gasteiger partial charge in [0, 0.05) is 30.6 Å². The normalized spacial score (nSPS) is 16.2. The van der Waals surface area contributed by atoms with Gasteiger partial charge in [-0.3, -0.25) is 9.59 Å². The first-order valence-electron chi connectivity index (χ1n) is 8.37. The summed E-state index contributed by atoms with van der Waals surface area (Å²) in [5.74, 6) is -0.619. The Morgan fingerprint density at radius 3 is 2.32 bits per heavy atom. The van der Waals surface area contributed by atoms with Crippen LogP contribution in [0.3, 0.4) is 0 Å². The van der Waals surface area contributed by atoms with Crippen LogP contribution in [0.4, 0.5) is 18.9 Å². The molecule has 0 saturated carbocycles. The second-order valence-corrected chi connectivity index (χ2v) is 6.77. The van der Waals surface area contributed by atoms with Gasteiger partial charge in [-0.15, -0.1) is 0 Å². The van der Waals surface area contributed by atoms with Crippen molar-refractivity contribution < 1.29 is 22.8 Å². The van der Waals surface area contributed by atoms with Gasteiger partial charge in [0.05, 0.1) is 5.56 Å². The minimum absolute atomic E-state index is 0.0622. The van der Waals surface area contributed by atoms with Crippen LogP contribution in [0, 0.1) is 18.8 Å². The monoisotopic (exact) mass is 356 g/mol. The summed E-state index contributed by atoms with van der Waals surface area (Å²) in [6.45, 7) is 6.04. The number of nitrogens with one attached hydrogen (secondary N) is 1. The van der Waals surface area contributed by atoms with E-state index in [2.05, 4.69) is 5.32 Å². The Morgan fingerprint density at radius 2 is 1.80 bits per heavy atom. The Hall–Kier alpha value is -2.05. The third-order valence-corrected chi connectivity index (χ3v) is 4.48. The van der Waals surface area contributed by atoms with Crippen LogP contribution < -0.4 is 5.32 Å². The first-order valence-corrected chi connectivity index (χ1v) is 8.37. The lowest BCUT2D eigenvalue weighted by Gasteiger charge is -2.32. The highest BCUT2D eigenvalue weighted by molar-refractivity contribution is 5.93. The maximum atomic E-state index is 13.0. The molecule has 0 unspecified atom stereocenters. The summed E-state index contributed by atoms with van der Waals surface area (Å²) in [6.07, 6.45) is -3.42. The number of piperidine rings is 1. The molecule has 1 heterocycles. The van der Waals surface area contributed by atoms with Crippen molar-refractivity contribution in [2.45, 2.75) is 39.8 Å². The van der Waals surface area contributed by atoms with Crippen LogP contribution in [0.5, 0.6) is 0 Å². The smallest absolute Gasteiger partial charge is 0.342 e. The van der Waals surface area contributed by atoms with Crippen LogP contribution in [-0.2, 0) is 15.8 Å². The van der Waals surface area contributed by atoms with Gasteiger partial charge in [-0.2, -0.15) is 13.2 Å². The van der Waals surface area contributed by atoms with Crippen LogP contribution in [0.2, 0.25) is 0 Å². The van der Waals surface area contributed by atoms with Crippen LogP contribution >= 0.6 is 0 Å². The van der Waals surface area contributed by atoms with Gasteiger partial charge in [-0.25, -0.2) is 0 Å². The lowest BCUT2D eigenvalue weighted by molar-refractivity contribution is -0.138. The van der Waals surface area contributed by atoms with Gasteiger partial charge in [0.15, 0.2) is 0 Å². The van der Waals surface area contributed by atoms with Gasteiger partial charge in [-0.05, 0) is 37.5 Å². The quantitative estimate of drug-likeness (QED) is 0.894. The van der Waals surface area contributed by atoms with Crippen LogP contribution in [0.15, 0.2) is 18.2 Å². The number of aryl methyl sites for hydroxylation is 1. The molecule has 25 heavy (non-hydrogen) atoms. The summed E-state index contributed by atoms with van der Waals surface area (Å²) >= 11 is 0. The Morgan fingerprint density at radius 1 is 1.20 bits per heavy atom. The Labute approximate surface area is 145 Å². The summed E-state index contributed by atoms with van der Waals surface area (Å²) in [5.41, 5.74) is -0.489. The number of hydrogen-bond donors (Lipinski definition) is 1. The fourth-order valence-corrected chi connectivity index (χ4v) is 2.98. The molecule has 1 fully saturated rings. The SMILES string of the molecule is Cc1ccc(NC(=O)C2CCN(C(=O)C(C)C)CC2)cc1C(F)(F)F. The van der Waals surface area contributed by atoms with E-state index in [0.717, 1.165) is 6.07 Å². The molecular formula is C18H23F3N2O2. The largest absolute Gasteiger partial charge is 0.416 e. The maximum absolute atomic E-state index is 13.0. The number of halogens is 3. The molecule has 7 heteroatoms. The minimum Gasteiger partial charge on any atom is -0.342 e. The number of carbonyl (C=O) groups excluding carboxylic acids is 2. The second kappa shape index (κ2) is 7.45. The number of carbonyl (C=O) groups is 2. The van der Waals surface area contributed by atoms with Gasteiger partial charge in [0.2, 0.25) is 11.8 Å². The zero-order valence-corrected chi connectivity index (χ0v) is 14.6. The third kappa shape index (κ3) is 4.74. The van der Waals surface area contributed by atoms with Gasteiger partial charge in [0.1, 0.15) is 0 Å². The third-order valence-electron chi connectivity index (χ3n) is 4.48. The molecule has 1 aromatic rings. The Kier molecular flexibility index (Phi) is 5.75. The van der Waals surface area contributed by atoms with Gasteiger partial charge in [0.25, 0.3) is 0 Å². The van der Waals surface area contributed by atoms with E-state index in [-0.39, 0.29) is 34.9 Å². The average molecular weight is 356 g/mol. The molecule has 4 nitrogen and oxygen atoms in total. The van der Waals surface area contributed by atoms with E-state index in [1.54, 1.807) is 4.90 Å². The van der Waals surface area contributed by atoms with E-state index >= 15 is 0 Å². The maximum Gasteiger partial charge on any atom is 0.416 e. The highest BCUT2D eigenvalue weighted by Crippen LogP contribution is 2.33. The van der Waals surface area contributed by atoms with Gasteiger partial charge >= 0.3 is 6.18 Å². The number of alkyl halides is 3. The van der Waals surface area contributed by atoms with E-state index in [1.807, 2.05) is 13.8 Å². The van der Waals surface area contributed by atoms with E-state index in [4.69, 9.17) is 0 Å². The molecule has 0 atom stereocenters. The zero-order valence-electron chi connectivity index (χ0n) is 14.6. The zero-order chi connectivity index (χ0) is 18.8. The van der Waals surface area contributed by atoms with Crippen molar-refractivity contribution in [1.29, 1.82) is 0 Å². The van der Waals surface area contributed by atoms with Crippen molar-refractivity contribution in [2.24, 2.45) is 11.8 Å². The van der Waals surface area contributed by atoms with Crippen molar-refractivity contribution in [3.8, 4) is 0 Å². The fourth-order valence-electron chi connectivity index (χ4n) is 2.98. The van der Waals surface area contributed by atoms with E-state index in [1.165, 1.54) is 19.1 Å². The number of likely N-dealkylation sites (tertiary alicyclic amines) is 1. The van der Waals surface area contributed by atoms with E-state index in [0.29, 0.717) is 25.9 Å². The number of benzene rings is 1. The Balaban J connectivity index is 1.99. The predicted molar refractivity (Wildman–Crippen MR) is 89.0 cm³/mol. The van der Waals surface area contributed by atoms with Crippen LogP contribution in [0.25, 0.3) is 0 Å².